The highest BCUT2D eigenvalue weighted by molar-refractivity contribution is 7.99. The maximum absolute atomic E-state index is 12.2. The number of nitrogen functional groups attached to an aromatic ring is 1. The van der Waals surface area contributed by atoms with Crippen LogP contribution in [0.25, 0.3) is 11.4 Å². The standard InChI is InChI=1S/C19H18N6O4S/c1-11(12-6-7-15-16(8-12)29-10-28-15)21-22-17(27)9-30-19-24-23-18(25(19)20)13-4-2-3-5-14(13)26/h2-8,26H,9-10,20H2,1H3,(H,22,27)/b21-11+. The topological polar surface area (TPSA) is 137 Å². The molecule has 1 aliphatic heterocycles. The summed E-state index contributed by atoms with van der Waals surface area (Å²) >= 11 is 1.11. The number of hydrogen-bond donors (Lipinski definition) is 3. The zero-order valence-corrected chi connectivity index (χ0v) is 16.7. The Morgan fingerprint density at radius 2 is 2.07 bits per heavy atom. The maximum Gasteiger partial charge on any atom is 0.250 e. The highest BCUT2D eigenvalue weighted by atomic mass is 32.2. The van der Waals surface area contributed by atoms with Gasteiger partial charge in [0, 0.05) is 5.56 Å². The van der Waals surface area contributed by atoms with Gasteiger partial charge in [0.2, 0.25) is 11.9 Å². The minimum Gasteiger partial charge on any atom is -0.507 e. The van der Waals surface area contributed by atoms with E-state index < -0.39 is 0 Å². The monoisotopic (exact) mass is 426 g/mol. The van der Waals surface area contributed by atoms with Crippen molar-refractivity contribution in [1.29, 1.82) is 0 Å². The number of hydrazone groups is 1. The van der Waals surface area contributed by atoms with Crippen molar-refractivity contribution in [3.8, 4) is 28.6 Å². The van der Waals surface area contributed by atoms with Gasteiger partial charge in [-0.25, -0.2) is 10.1 Å². The van der Waals surface area contributed by atoms with Gasteiger partial charge in [0.15, 0.2) is 17.3 Å². The number of aromatic hydroxyl groups is 1. The Kier molecular flexibility index (Phi) is 5.44. The molecule has 4 N–H and O–H groups in total. The largest absolute Gasteiger partial charge is 0.507 e. The molecule has 4 rings (SSSR count). The number of fused-ring (bicyclic) bond motifs is 1. The van der Waals surface area contributed by atoms with Crippen molar-refractivity contribution in [2.45, 2.75) is 12.1 Å². The van der Waals surface area contributed by atoms with Crippen LogP contribution in [0.3, 0.4) is 0 Å². The van der Waals surface area contributed by atoms with Crippen molar-refractivity contribution in [2.75, 3.05) is 18.4 Å². The predicted molar refractivity (Wildman–Crippen MR) is 111 cm³/mol. The third-order valence-corrected chi connectivity index (χ3v) is 5.22. The van der Waals surface area contributed by atoms with Crippen LogP contribution in [-0.4, -0.2) is 44.1 Å². The molecule has 3 aromatic rings. The molecule has 2 aromatic carbocycles. The van der Waals surface area contributed by atoms with Crippen molar-refractivity contribution in [1.82, 2.24) is 20.3 Å². The van der Waals surface area contributed by atoms with Crippen LogP contribution < -0.4 is 20.7 Å². The lowest BCUT2D eigenvalue weighted by atomic mass is 10.1. The molecule has 0 radical (unpaired) electrons. The van der Waals surface area contributed by atoms with Gasteiger partial charge in [-0.2, -0.15) is 5.10 Å². The fourth-order valence-corrected chi connectivity index (χ4v) is 3.37. The lowest BCUT2D eigenvalue weighted by Gasteiger charge is -2.05. The zero-order valence-electron chi connectivity index (χ0n) is 15.9. The highest BCUT2D eigenvalue weighted by Crippen LogP contribution is 2.32. The Morgan fingerprint density at radius 1 is 1.27 bits per heavy atom. The Morgan fingerprint density at radius 3 is 2.90 bits per heavy atom. The van der Waals surface area contributed by atoms with Gasteiger partial charge in [-0.15, -0.1) is 10.2 Å². The SMILES string of the molecule is C/C(=N\NC(=O)CSc1nnc(-c2ccccc2O)n1N)c1ccc2c(c1)OCO2. The quantitative estimate of drug-likeness (QED) is 0.235. The number of rotatable bonds is 6. The van der Waals surface area contributed by atoms with E-state index >= 15 is 0 Å². The van der Waals surface area contributed by atoms with E-state index in [0.29, 0.717) is 33.8 Å². The van der Waals surface area contributed by atoms with E-state index in [1.54, 1.807) is 37.3 Å². The molecule has 154 valence electrons. The first-order chi connectivity index (χ1) is 14.5. The molecule has 2 heterocycles. The molecule has 0 saturated carbocycles. The first-order valence-corrected chi connectivity index (χ1v) is 9.86. The van der Waals surface area contributed by atoms with Crippen LogP contribution in [0.5, 0.6) is 17.2 Å². The van der Waals surface area contributed by atoms with E-state index in [2.05, 4.69) is 20.7 Å². The number of para-hydroxylation sites is 1. The summed E-state index contributed by atoms with van der Waals surface area (Å²) in [7, 11) is 0. The van der Waals surface area contributed by atoms with Gasteiger partial charge in [0.1, 0.15) is 5.75 Å². The van der Waals surface area contributed by atoms with Crippen LogP contribution in [0.4, 0.5) is 0 Å². The number of hydrogen-bond acceptors (Lipinski definition) is 9. The normalized spacial score (nSPS) is 12.8. The molecule has 0 saturated heterocycles. The van der Waals surface area contributed by atoms with Crippen molar-refractivity contribution in [3.63, 3.8) is 0 Å². The first kappa shape index (κ1) is 19.6. The van der Waals surface area contributed by atoms with Crippen LogP contribution in [0.15, 0.2) is 52.7 Å². The lowest BCUT2D eigenvalue weighted by molar-refractivity contribution is -0.118. The van der Waals surface area contributed by atoms with Gasteiger partial charge in [0.05, 0.1) is 17.0 Å². The lowest BCUT2D eigenvalue weighted by Crippen LogP contribution is -2.22. The Bertz CT molecular complexity index is 1130. The molecule has 10 nitrogen and oxygen atoms in total. The van der Waals surface area contributed by atoms with Gasteiger partial charge < -0.3 is 20.4 Å². The molecule has 1 aromatic heterocycles. The second kappa shape index (κ2) is 8.33. The number of nitrogens with two attached hydrogens (primary N) is 1. The highest BCUT2D eigenvalue weighted by Gasteiger charge is 2.16. The van der Waals surface area contributed by atoms with E-state index in [1.165, 1.54) is 10.7 Å². The third kappa shape index (κ3) is 4.01. The average Bonchev–Trinajstić information content (AvgIpc) is 3.36. The molecule has 0 aliphatic carbocycles. The first-order valence-electron chi connectivity index (χ1n) is 8.87. The van der Waals surface area contributed by atoms with Crippen LogP contribution >= 0.6 is 11.8 Å². The number of carbonyl (C=O) groups is 1. The van der Waals surface area contributed by atoms with E-state index in [-0.39, 0.29) is 24.2 Å². The average molecular weight is 426 g/mol. The predicted octanol–water partition coefficient (Wildman–Crippen LogP) is 1.73. The number of thioether (sulfide) groups is 1. The molecule has 0 unspecified atom stereocenters. The molecule has 0 fully saturated rings. The number of nitrogens with zero attached hydrogens (tertiary/aromatic N) is 4. The van der Waals surface area contributed by atoms with E-state index in [0.717, 1.165) is 17.3 Å². The van der Waals surface area contributed by atoms with Gasteiger partial charge in [-0.1, -0.05) is 23.9 Å². The van der Waals surface area contributed by atoms with E-state index in [4.69, 9.17) is 15.3 Å². The number of carbonyl (C=O) groups excluding carboxylic acids is 1. The maximum atomic E-state index is 12.2. The van der Waals surface area contributed by atoms with E-state index in [9.17, 15) is 9.90 Å². The number of phenolic OH excluding ortho intramolecular Hbond substituents is 1. The number of aromatic nitrogens is 3. The number of nitrogens with one attached hydrogen (secondary N) is 1. The smallest absolute Gasteiger partial charge is 0.250 e. The van der Waals surface area contributed by atoms with E-state index in [1.807, 2.05) is 6.07 Å². The summed E-state index contributed by atoms with van der Waals surface area (Å²) in [5.41, 5.74) is 4.38. The molecular weight excluding hydrogens is 408 g/mol. The molecule has 30 heavy (non-hydrogen) atoms. The van der Waals surface area contributed by atoms with Gasteiger partial charge in [-0.05, 0) is 37.3 Å². The van der Waals surface area contributed by atoms with Crippen LogP contribution in [-0.2, 0) is 4.79 Å². The molecule has 1 aliphatic rings. The summed E-state index contributed by atoms with van der Waals surface area (Å²) in [5.74, 6) is 7.39. The van der Waals surface area contributed by atoms with Crippen molar-refractivity contribution in [3.05, 3.63) is 48.0 Å². The van der Waals surface area contributed by atoms with Crippen molar-refractivity contribution < 1.29 is 19.4 Å². The van der Waals surface area contributed by atoms with Crippen LogP contribution in [0.2, 0.25) is 0 Å². The Hall–Kier alpha value is -3.73. The van der Waals surface area contributed by atoms with Gasteiger partial charge >= 0.3 is 0 Å². The van der Waals surface area contributed by atoms with Crippen LogP contribution in [0, 0.1) is 0 Å². The third-order valence-electron chi connectivity index (χ3n) is 4.28. The summed E-state index contributed by atoms with van der Waals surface area (Å²) in [6.07, 6.45) is 0. The minimum absolute atomic E-state index is 0.0357. The summed E-state index contributed by atoms with van der Waals surface area (Å²) in [6.45, 7) is 1.97. The fraction of sp³-hybridized carbons (Fsp3) is 0.158. The minimum atomic E-state index is -0.327. The molecule has 11 heteroatoms. The van der Waals surface area contributed by atoms with Crippen LogP contribution in [0.1, 0.15) is 12.5 Å². The second-order valence-corrected chi connectivity index (χ2v) is 7.22. The molecule has 1 amide bonds. The van der Waals surface area contributed by atoms with Crippen molar-refractivity contribution in [2.24, 2.45) is 5.10 Å². The van der Waals surface area contributed by atoms with Gasteiger partial charge in [0.25, 0.3) is 5.91 Å². The Labute approximate surface area is 175 Å². The Balaban J connectivity index is 1.36. The summed E-state index contributed by atoms with van der Waals surface area (Å²) in [5, 5.41) is 22.4. The molecule has 0 atom stereocenters. The number of ether oxygens (including phenoxy) is 2. The fourth-order valence-electron chi connectivity index (χ4n) is 2.72. The second-order valence-electron chi connectivity index (χ2n) is 6.28. The zero-order chi connectivity index (χ0) is 21.1. The van der Waals surface area contributed by atoms with Crippen molar-refractivity contribution >= 4 is 23.4 Å². The molecular formula is C19H18N6O4S. The van der Waals surface area contributed by atoms with Gasteiger partial charge in [-0.3, -0.25) is 4.79 Å². The number of phenols is 1. The summed E-state index contributed by atoms with van der Waals surface area (Å²) in [4.78, 5) is 12.2. The molecule has 0 bridgehead atoms. The number of amides is 1. The summed E-state index contributed by atoms with van der Waals surface area (Å²) in [6, 6.07) is 12.1. The summed E-state index contributed by atoms with van der Waals surface area (Å²) < 4.78 is 11.9. The number of benzene rings is 2. The molecule has 0 spiro atoms.